The van der Waals surface area contributed by atoms with Crippen LogP contribution in [0.1, 0.15) is 48.0 Å². The number of unbranched alkanes of at least 4 members (excludes halogenated alkanes) is 1. The number of rotatable bonds is 11. The number of aryl methyl sites for hydroxylation is 1. The average molecular weight is 417 g/mol. The highest BCUT2D eigenvalue weighted by Crippen LogP contribution is 2.14. The van der Waals surface area contributed by atoms with Crippen molar-refractivity contribution in [1.82, 2.24) is 14.9 Å². The molecule has 0 aliphatic carbocycles. The molecule has 6 nitrogen and oxygen atoms in total. The molecule has 6 heteroatoms. The monoisotopic (exact) mass is 416 g/mol. The third kappa shape index (κ3) is 6.27. The molecular formula is C25H28N4O2. The summed E-state index contributed by atoms with van der Waals surface area (Å²) in [5.41, 5.74) is 3.65. The number of carboxylic acid groups (broad SMARTS) is 1. The number of hydrogen-bond donors (Lipinski definition) is 2. The van der Waals surface area contributed by atoms with Crippen LogP contribution in [0.5, 0.6) is 0 Å². The van der Waals surface area contributed by atoms with Crippen LogP contribution in [0.25, 0.3) is 0 Å². The Labute approximate surface area is 183 Å². The van der Waals surface area contributed by atoms with Crippen molar-refractivity contribution in [3.63, 3.8) is 0 Å². The summed E-state index contributed by atoms with van der Waals surface area (Å²) in [6.07, 6.45) is 5.25. The lowest BCUT2D eigenvalue weighted by molar-refractivity contribution is -0.139. The highest BCUT2D eigenvalue weighted by Gasteiger charge is 2.19. The number of carbonyl (C=O) groups is 1. The number of carboxylic acids is 1. The summed E-state index contributed by atoms with van der Waals surface area (Å²) in [4.78, 5) is 16.4. The third-order valence-electron chi connectivity index (χ3n) is 5.31. The van der Waals surface area contributed by atoms with Gasteiger partial charge in [0, 0.05) is 25.7 Å². The molecule has 1 aromatic heterocycles. The average Bonchev–Trinajstić information content (AvgIpc) is 3.17. The lowest BCUT2D eigenvalue weighted by Crippen LogP contribution is -2.38. The fourth-order valence-corrected chi connectivity index (χ4v) is 3.51. The molecule has 0 spiro atoms. The Morgan fingerprint density at radius 3 is 2.55 bits per heavy atom. The summed E-state index contributed by atoms with van der Waals surface area (Å²) >= 11 is 0. The third-order valence-corrected chi connectivity index (χ3v) is 5.31. The molecule has 3 aromatic rings. The van der Waals surface area contributed by atoms with Crippen molar-refractivity contribution in [2.24, 2.45) is 0 Å². The second kappa shape index (κ2) is 11.1. The summed E-state index contributed by atoms with van der Waals surface area (Å²) in [6, 6.07) is 18.6. The van der Waals surface area contributed by atoms with Gasteiger partial charge >= 0.3 is 5.97 Å². The van der Waals surface area contributed by atoms with Crippen molar-refractivity contribution >= 4 is 5.97 Å². The molecule has 31 heavy (non-hydrogen) atoms. The molecule has 1 atom stereocenters. The highest BCUT2D eigenvalue weighted by atomic mass is 16.4. The quantitative estimate of drug-likeness (QED) is 0.494. The number of benzene rings is 2. The zero-order chi connectivity index (χ0) is 22.1. The maximum absolute atomic E-state index is 11.8. The largest absolute Gasteiger partial charge is 0.480 e. The Bertz CT molecular complexity index is 1020. The molecule has 2 N–H and O–H groups in total. The van der Waals surface area contributed by atoms with Gasteiger partial charge in [0.05, 0.1) is 17.3 Å². The summed E-state index contributed by atoms with van der Waals surface area (Å²) in [5, 5.41) is 21.9. The molecule has 160 valence electrons. The van der Waals surface area contributed by atoms with Gasteiger partial charge in [-0.3, -0.25) is 10.1 Å². The summed E-state index contributed by atoms with van der Waals surface area (Å²) in [6.45, 7) is 3.20. The van der Waals surface area contributed by atoms with Crippen LogP contribution in [-0.4, -0.2) is 26.7 Å². The maximum atomic E-state index is 11.8. The van der Waals surface area contributed by atoms with Crippen molar-refractivity contribution in [3.05, 3.63) is 89.0 Å². The maximum Gasteiger partial charge on any atom is 0.321 e. The lowest BCUT2D eigenvalue weighted by atomic mass is 10.1. The van der Waals surface area contributed by atoms with Crippen LogP contribution in [0.2, 0.25) is 0 Å². The van der Waals surface area contributed by atoms with Crippen LogP contribution in [-0.2, 0) is 30.7 Å². The van der Waals surface area contributed by atoms with Gasteiger partial charge in [0.1, 0.15) is 11.9 Å². The molecule has 1 heterocycles. The van der Waals surface area contributed by atoms with E-state index in [1.165, 1.54) is 0 Å². The fourth-order valence-electron chi connectivity index (χ4n) is 3.51. The van der Waals surface area contributed by atoms with Gasteiger partial charge in [0.15, 0.2) is 0 Å². The fraction of sp³-hybridized carbons (Fsp3) is 0.320. The molecule has 0 fully saturated rings. The topological polar surface area (TPSA) is 90.9 Å². The van der Waals surface area contributed by atoms with Crippen molar-refractivity contribution < 1.29 is 9.90 Å². The van der Waals surface area contributed by atoms with Crippen LogP contribution in [0.4, 0.5) is 0 Å². The first-order valence-corrected chi connectivity index (χ1v) is 10.6. The molecule has 0 aliphatic rings. The van der Waals surface area contributed by atoms with Crippen molar-refractivity contribution in [2.75, 3.05) is 0 Å². The Balaban J connectivity index is 1.76. The Kier molecular flexibility index (Phi) is 7.97. The minimum Gasteiger partial charge on any atom is -0.480 e. The van der Waals surface area contributed by atoms with Crippen LogP contribution in [0.3, 0.4) is 0 Å². The zero-order valence-electron chi connectivity index (χ0n) is 17.8. The number of imidazole rings is 1. The molecule has 3 rings (SSSR count). The van der Waals surface area contributed by atoms with E-state index in [9.17, 15) is 9.90 Å². The molecule has 1 unspecified atom stereocenters. The van der Waals surface area contributed by atoms with Gasteiger partial charge in [-0.05, 0) is 36.1 Å². The van der Waals surface area contributed by atoms with Gasteiger partial charge in [-0.25, -0.2) is 4.98 Å². The first-order chi connectivity index (χ1) is 15.1. The number of nitrogens with zero attached hydrogens (tertiary/aromatic N) is 3. The molecule has 0 saturated heterocycles. The van der Waals surface area contributed by atoms with Gasteiger partial charge in [0.25, 0.3) is 0 Å². The Morgan fingerprint density at radius 1 is 1.16 bits per heavy atom. The van der Waals surface area contributed by atoms with E-state index in [4.69, 9.17) is 5.26 Å². The molecule has 0 amide bonds. The van der Waals surface area contributed by atoms with Crippen LogP contribution in [0, 0.1) is 11.3 Å². The van der Waals surface area contributed by atoms with E-state index in [0.717, 1.165) is 41.9 Å². The summed E-state index contributed by atoms with van der Waals surface area (Å²) in [7, 11) is 0. The SMILES string of the molecule is CCCCc1ncc(CNC(Cc2ccccc2)C(=O)O)n1Cc1ccc(C#N)cc1. The normalized spacial score (nSPS) is 11.7. The molecule has 0 radical (unpaired) electrons. The van der Waals surface area contributed by atoms with Gasteiger partial charge in [-0.1, -0.05) is 55.8 Å². The van der Waals surface area contributed by atoms with E-state index in [-0.39, 0.29) is 0 Å². The number of hydrogen-bond acceptors (Lipinski definition) is 4. The summed E-state index contributed by atoms with van der Waals surface area (Å²) < 4.78 is 2.16. The van der Waals surface area contributed by atoms with Crippen molar-refractivity contribution in [3.8, 4) is 6.07 Å². The number of aromatic nitrogens is 2. The van der Waals surface area contributed by atoms with Gasteiger partial charge in [-0.15, -0.1) is 0 Å². The van der Waals surface area contributed by atoms with E-state index in [0.29, 0.717) is 25.1 Å². The van der Waals surface area contributed by atoms with Gasteiger partial charge in [-0.2, -0.15) is 5.26 Å². The molecule has 2 aromatic carbocycles. The Hall–Kier alpha value is -3.43. The van der Waals surface area contributed by atoms with Crippen LogP contribution >= 0.6 is 0 Å². The minimum atomic E-state index is -0.867. The molecule has 0 bridgehead atoms. The van der Waals surface area contributed by atoms with Gasteiger partial charge in [0.2, 0.25) is 0 Å². The van der Waals surface area contributed by atoms with Crippen molar-refractivity contribution in [1.29, 1.82) is 5.26 Å². The molecular weight excluding hydrogens is 388 g/mol. The van der Waals surface area contributed by atoms with Crippen LogP contribution in [0.15, 0.2) is 60.8 Å². The first-order valence-electron chi connectivity index (χ1n) is 10.6. The second-order valence-electron chi connectivity index (χ2n) is 7.63. The number of nitrogens with one attached hydrogen (secondary N) is 1. The number of aliphatic carboxylic acids is 1. The van der Waals surface area contributed by atoms with E-state index < -0.39 is 12.0 Å². The minimum absolute atomic E-state index is 0.416. The standard InChI is InChI=1S/C25H28N4O2/c1-2-3-9-24-28-17-22(29(24)18-21-12-10-20(15-26)11-13-21)16-27-23(25(30)31)14-19-7-5-4-6-8-19/h4-8,10-13,17,23,27H,2-3,9,14,16,18H2,1H3,(H,30,31). The van der Waals surface area contributed by atoms with E-state index in [1.54, 1.807) is 0 Å². The second-order valence-corrected chi connectivity index (χ2v) is 7.63. The predicted octanol–water partition coefficient (Wildman–Crippen LogP) is 3.93. The Morgan fingerprint density at radius 2 is 1.90 bits per heavy atom. The van der Waals surface area contributed by atoms with Crippen molar-refractivity contribution in [2.45, 2.75) is 51.7 Å². The summed E-state index contributed by atoms with van der Waals surface area (Å²) in [5.74, 6) is 0.131. The predicted molar refractivity (Wildman–Crippen MR) is 120 cm³/mol. The van der Waals surface area contributed by atoms with Gasteiger partial charge < -0.3 is 9.67 Å². The zero-order valence-corrected chi connectivity index (χ0v) is 17.8. The van der Waals surface area contributed by atoms with E-state index >= 15 is 0 Å². The molecule has 0 aliphatic heterocycles. The van der Waals surface area contributed by atoms with E-state index in [2.05, 4.69) is 27.9 Å². The smallest absolute Gasteiger partial charge is 0.321 e. The highest BCUT2D eigenvalue weighted by molar-refractivity contribution is 5.73. The first kappa shape index (κ1) is 22.3. The van der Waals surface area contributed by atoms with E-state index in [1.807, 2.05) is 60.8 Å². The van der Waals surface area contributed by atoms with Crippen LogP contribution < -0.4 is 5.32 Å². The lowest BCUT2D eigenvalue weighted by Gasteiger charge is -2.17. The molecule has 0 saturated carbocycles. The number of nitriles is 1.